The Bertz CT molecular complexity index is 1130. The van der Waals surface area contributed by atoms with E-state index in [0.717, 1.165) is 27.8 Å². The van der Waals surface area contributed by atoms with Crippen LogP contribution >= 0.6 is 11.8 Å². The Labute approximate surface area is 178 Å². The molecule has 1 aliphatic rings. The summed E-state index contributed by atoms with van der Waals surface area (Å²) in [6, 6.07) is 16.7. The highest BCUT2D eigenvalue weighted by Crippen LogP contribution is 2.30. The van der Waals surface area contributed by atoms with Crippen molar-refractivity contribution in [1.82, 2.24) is 10.3 Å². The minimum atomic E-state index is -0.422. The van der Waals surface area contributed by atoms with E-state index in [1.807, 2.05) is 67.6 Å². The number of carbonyl (C=O) groups is 1. The maximum atomic E-state index is 12.4. The van der Waals surface area contributed by atoms with Gasteiger partial charge in [0.2, 0.25) is 0 Å². The van der Waals surface area contributed by atoms with Gasteiger partial charge in [-0.05, 0) is 54.1 Å². The maximum absolute atomic E-state index is 12.4. The van der Waals surface area contributed by atoms with E-state index in [4.69, 9.17) is 4.74 Å². The molecule has 2 N–H and O–H groups in total. The van der Waals surface area contributed by atoms with E-state index in [-0.39, 0.29) is 12.5 Å². The number of hydrogen-bond donors (Lipinski definition) is 2. The van der Waals surface area contributed by atoms with Gasteiger partial charge in [0.15, 0.2) is 5.17 Å². The Morgan fingerprint density at radius 2 is 2.07 bits per heavy atom. The largest absolute Gasteiger partial charge is 0.493 e. The van der Waals surface area contributed by atoms with E-state index in [1.165, 1.54) is 11.8 Å². The van der Waals surface area contributed by atoms with E-state index in [9.17, 15) is 9.90 Å². The molecule has 3 aromatic rings. The van der Waals surface area contributed by atoms with E-state index in [2.05, 4.69) is 15.3 Å². The Balaban J connectivity index is 1.60. The quantitative estimate of drug-likeness (QED) is 0.592. The summed E-state index contributed by atoms with van der Waals surface area (Å²) >= 11 is 1.26. The normalized spacial score (nSPS) is 17.5. The second-order valence-electron chi connectivity index (χ2n) is 6.63. The van der Waals surface area contributed by atoms with Crippen LogP contribution in [-0.4, -0.2) is 34.4 Å². The highest BCUT2D eigenvalue weighted by molar-refractivity contribution is 8.18. The highest BCUT2D eigenvalue weighted by Gasteiger charge is 2.25. The van der Waals surface area contributed by atoms with Gasteiger partial charge in [-0.2, -0.15) is 0 Å². The Hall–Kier alpha value is -3.16. The molecule has 2 aromatic carbocycles. The SMILES string of the molecule is CCOc1ccnc2ccc(/C=C3\SC(=N[C@@H](CO)c4ccccc4)NC3=O)cc12. The number of nitrogens with zero attached hydrogens (tertiary/aromatic N) is 2. The molecule has 1 atom stereocenters. The summed E-state index contributed by atoms with van der Waals surface area (Å²) in [5, 5.41) is 13.9. The number of aliphatic hydroxyl groups excluding tert-OH is 1. The van der Waals surface area contributed by atoms with Gasteiger partial charge >= 0.3 is 0 Å². The molecule has 0 aliphatic carbocycles. The highest BCUT2D eigenvalue weighted by atomic mass is 32.2. The molecular formula is C23H21N3O3S. The Morgan fingerprint density at radius 1 is 1.23 bits per heavy atom. The van der Waals surface area contributed by atoms with Crippen molar-refractivity contribution in [1.29, 1.82) is 0 Å². The van der Waals surface area contributed by atoms with E-state index in [1.54, 1.807) is 6.20 Å². The molecule has 0 spiro atoms. The van der Waals surface area contributed by atoms with Crippen LogP contribution in [0.3, 0.4) is 0 Å². The number of thioether (sulfide) groups is 1. The van der Waals surface area contributed by atoms with Crippen molar-refractivity contribution in [2.24, 2.45) is 4.99 Å². The number of carbonyl (C=O) groups excluding carboxylic acids is 1. The van der Waals surface area contributed by atoms with Gasteiger partial charge in [0.1, 0.15) is 11.8 Å². The van der Waals surface area contributed by atoms with Crippen LogP contribution in [-0.2, 0) is 4.79 Å². The minimum Gasteiger partial charge on any atom is -0.493 e. The first-order valence-corrected chi connectivity index (χ1v) is 10.5. The van der Waals surface area contributed by atoms with Gasteiger partial charge in [-0.1, -0.05) is 36.4 Å². The fraction of sp³-hybridized carbons (Fsp3) is 0.174. The number of hydrogen-bond acceptors (Lipinski definition) is 6. The molecule has 152 valence electrons. The summed E-state index contributed by atoms with van der Waals surface area (Å²) in [4.78, 5) is 21.9. The smallest absolute Gasteiger partial charge is 0.264 e. The molecule has 0 bridgehead atoms. The third-order valence-corrected chi connectivity index (χ3v) is 5.53. The number of rotatable bonds is 6. The lowest BCUT2D eigenvalue weighted by Gasteiger charge is -2.10. The Kier molecular flexibility index (Phi) is 6.11. The number of aromatic nitrogens is 1. The zero-order valence-corrected chi connectivity index (χ0v) is 17.2. The van der Waals surface area contributed by atoms with Gasteiger partial charge in [-0.15, -0.1) is 0 Å². The topological polar surface area (TPSA) is 83.8 Å². The average Bonchev–Trinajstić information content (AvgIpc) is 3.12. The van der Waals surface area contributed by atoms with Crippen LogP contribution in [0.2, 0.25) is 0 Å². The second kappa shape index (κ2) is 9.11. The van der Waals surface area contributed by atoms with Crippen molar-refractivity contribution in [2.75, 3.05) is 13.2 Å². The molecular weight excluding hydrogens is 398 g/mol. The number of pyridine rings is 1. The summed E-state index contributed by atoms with van der Waals surface area (Å²) in [5.74, 6) is 0.557. The van der Waals surface area contributed by atoms with Crippen LogP contribution in [0.4, 0.5) is 0 Å². The van der Waals surface area contributed by atoms with Crippen LogP contribution in [0.5, 0.6) is 5.75 Å². The van der Waals surface area contributed by atoms with Crippen molar-refractivity contribution in [3.63, 3.8) is 0 Å². The maximum Gasteiger partial charge on any atom is 0.264 e. The number of amides is 1. The average molecular weight is 420 g/mol. The predicted octanol–water partition coefficient (Wildman–Crippen LogP) is 3.93. The molecule has 1 aromatic heterocycles. The van der Waals surface area contributed by atoms with Crippen molar-refractivity contribution >= 4 is 39.8 Å². The third kappa shape index (κ3) is 4.37. The van der Waals surface area contributed by atoms with Crippen LogP contribution in [0, 0.1) is 0 Å². The number of benzene rings is 2. The summed E-state index contributed by atoms with van der Waals surface area (Å²) in [5.41, 5.74) is 2.60. The van der Waals surface area contributed by atoms with E-state index in [0.29, 0.717) is 16.7 Å². The first-order chi connectivity index (χ1) is 14.7. The standard InChI is InChI=1S/C23H21N3O3S/c1-2-29-20-10-11-24-18-9-8-15(12-17(18)20)13-21-22(28)26-23(30-21)25-19(14-27)16-6-4-3-5-7-16/h3-13,19,27H,2,14H2,1H3,(H,25,26,28)/b21-13-/t19-/m0/s1. The molecule has 2 heterocycles. The first-order valence-electron chi connectivity index (χ1n) is 9.64. The van der Waals surface area contributed by atoms with Gasteiger partial charge in [0.25, 0.3) is 5.91 Å². The fourth-order valence-corrected chi connectivity index (χ4v) is 4.06. The molecule has 7 heteroatoms. The molecule has 6 nitrogen and oxygen atoms in total. The minimum absolute atomic E-state index is 0.138. The molecule has 1 fully saturated rings. The molecule has 30 heavy (non-hydrogen) atoms. The van der Waals surface area contributed by atoms with Gasteiger partial charge in [-0.3, -0.25) is 14.8 Å². The molecule has 0 radical (unpaired) electrons. The number of amidine groups is 1. The molecule has 0 unspecified atom stereocenters. The van der Waals surface area contributed by atoms with Crippen LogP contribution in [0.1, 0.15) is 24.1 Å². The molecule has 1 amide bonds. The van der Waals surface area contributed by atoms with Crippen molar-refractivity contribution < 1.29 is 14.6 Å². The number of nitrogens with one attached hydrogen (secondary N) is 1. The van der Waals surface area contributed by atoms with Crippen LogP contribution in [0.25, 0.3) is 17.0 Å². The summed E-state index contributed by atoms with van der Waals surface area (Å²) in [7, 11) is 0. The summed E-state index contributed by atoms with van der Waals surface area (Å²) in [6.45, 7) is 2.37. The third-order valence-electron chi connectivity index (χ3n) is 4.60. The van der Waals surface area contributed by atoms with Crippen LogP contribution < -0.4 is 10.1 Å². The number of aliphatic imine (C=N–C) groups is 1. The van der Waals surface area contributed by atoms with Gasteiger partial charge < -0.3 is 15.2 Å². The molecule has 1 saturated heterocycles. The number of aliphatic hydroxyl groups is 1. The first kappa shape index (κ1) is 20.1. The summed E-state index contributed by atoms with van der Waals surface area (Å²) < 4.78 is 5.69. The summed E-state index contributed by atoms with van der Waals surface area (Å²) in [6.07, 6.45) is 3.54. The number of fused-ring (bicyclic) bond motifs is 1. The zero-order chi connectivity index (χ0) is 20.9. The lowest BCUT2D eigenvalue weighted by molar-refractivity contribution is -0.115. The van der Waals surface area contributed by atoms with Gasteiger partial charge in [0, 0.05) is 11.6 Å². The predicted molar refractivity (Wildman–Crippen MR) is 120 cm³/mol. The monoisotopic (exact) mass is 419 g/mol. The van der Waals surface area contributed by atoms with Gasteiger partial charge in [-0.25, -0.2) is 0 Å². The number of ether oxygens (including phenoxy) is 1. The zero-order valence-electron chi connectivity index (χ0n) is 16.4. The van der Waals surface area contributed by atoms with Crippen molar-refractivity contribution in [3.05, 3.63) is 76.8 Å². The van der Waals surface area contributed by atoms with Crippen molar-refractivity contribution in [2.45, 2.75) is 13.0 Å². The molecule has 1 aliphatic heterocycles. The lowest BCUT2D eigenvalue weighted by Crippen LogP contribution is -2.21. The van der Waals surface area contributed by atoms with E-state index >= 15 is 0 Å². The van der Waals surface area contributed by atoms with Crippen molar-refractivity contribution in [3.8, 4) is 5.75 Å². The molecule has 4 rings (SSSR count). The lowest BCUT2D eigenvalue weighted by atomic mass is 10.1. The Morgan fingerprint density at radius 3 is 2.83 bits per heavy atom. The molecule has 0 saturated carbocycles. The fourth-order valence-electron chi connectivity index (χ4n) is 3.19. The van der Waals surface area contributed by atoms with Gasteiger partial charge in [0.05, 0.1) is 23.6 Å². The second-order valence-corrected chi connectivity index (χ2v) is 7.66. The van der Waals surface area contributed by atoms with E-state index < -0.39 is 6.04 Å². The van der Waals surface area contributed by atoms with Crippen LogP contribution in [0.15, 0.2) is 70.7 Å².